The number of amides is 1. The number of thiophene rings is 1. The van der Waals surface area contributed by atoms with Gasteiger partial charge in [-0.05, 0) is 49.4 Å². The molecule has 1 aromatic carbocycles. The number of hydrogen-bond donors (Lipinski definition) is 1. The molecule has 0 spiro atoms. The third kappa shape index (κ3) is 2.58. The SMILES string of the molecule is O=C(Nc1cc(F)ccc1F)c1cc2c(s1)CCCC2. The maximum atomic E-state index is 13.5. The van der Waals surface area contributed by atoms with Crippen LogP contribution in [-0.4, -0.2) is 5.91 Å². The average Bonchev–Trinajstić information content (AvgIpc) is 2.87. The Bertz CT molecular complexity index is 642. The molecule has 1 N–H and O–H groups in total. The van der Waals surface area contributed by atoms with Crippen molar-refractivity contribution in [1.82, 2.24) is 0 Å². The van der Waals surface area contributed by atoms with Crippen LogP contribution in [0.25, 0.3) is 0 Å². The van der Waals surface area contributed by atoms with Crippen molar-refractivity contribution in [3.8, 4) is 0 Å². The van der Waals surface area contributed by atoms with Gasteiger partial charge in [-0.1, -0.05) is 0 Å². The summed E-state index contributed by atoms with van der Waals surface area (Å²) < 4.78 is 26.6. The Balaban J connectivity index is 1.82. The van der Waals surface area contributed by atoms with Crippen LogP contribution in [0.2, 0.25) is 0 Å². The highest BCUT2D eigenvalue weighted by molar-refractivity contribution is 7.14. The quantitative estimate of drug-likeness (QED) is 0.885. The van der Waals surface area contributed by atoms with Crippen molar-refractivity contribution >= 4 is 22.9 Å². The van der Waals surface area contributed by atoms with Crippen molar-refractivity contribution in [3.05, 3.63) is 51.2 Å². The first-order chi connectivity index (χ1) is 9.63. The number of aryl methyl sites for hydroxylation is 2. The highest BCUT2D eigenvalue weighted by atomic mass is 32.1. The number of hydrogen-bond acceptors (Lipinski definition) is 2. The van der Waals surface area contributed by atoms with Crippen LogP contribution in [0.5, 0.6) is 0 Å². The van der Waals surface area contributed by atoms with Gasteiger partial charge in [0.2, 0.25) is 0 Å². The van der Waals surface area contributed by atoms with Crippen molar-refractivity contribution in [2.45, 2.75) is 25.7 Å². The van der Waals surface area contributed by atoms with E-state index in [1.807, 2.05) is 6.07 Å². The van der Waals surface area contributed by atoms with E-state index in [4.69, 9.17) is 0 Å². The molecule has 0 atom stereocenters. The zero-order valence-corrected chi connectivity index (χ0v) is 11.5. The summed E-state index contributed by atoms with van der Waals surface area (Å²) >= 11 is 1.44. The van der Waals surface area contributed by atoms with Gasteiger partial charge in [0.05, 0.1) is 10.6 Å². The molecule has 0 bridgehead atoms. The first-order valence-electron chi connectivity index (χ1n) is 6.51. The van der Waals surface area contributed by atoms with E-state index < -0.39 is 11.6 Å². The Hall–Kier alpha value is -1.75. The Kier molecular flexibility index (Phi) is 3.53. The van der Waals surface area contributed by atoms with Crippen LogP contribution < -0.4 is 5.32 Å². The number of nitrogens with one attached hydrogen (secondary N) is 1. The molecule has 0 saturated carbocycles. The molecule has 2 nitrogen and oxygen atoms in total. The maximum Gasteiger partial charge on any atom is 0.265 e. The lowest BCUT2D eigenvalue weighted by Crippen LogP contribution is -2.11. The zero-order chi connectivity index (χ0) is 14.1. The van der Waals surface area contributed by atoms with Crippen LogP contribution in [-0.2, 0) is 12.8 Å². The van der Waals surface area contributed by atoms with Gasteiger partial charge in [0.25, 0.3) is 5.91 Å². The number of benzene rings is 1. The van der Waals surface area contributed by atoms with Crippen LogP contribution in [0.15, 0.2) is 24.3 Å². The molecule has 0 radical (unpaired) electrons. The first kappa shape index (κ1) is 13.2. The van der Waals surface area contributed by atoms with E-state index in [9.17, 15) is 13.6 Å². The second kappa shape index (κ2) is 5.32. The number of fused-ring (bicyclic) bond motifs is 1. The van der Waals surface area contributed by atoms with E-state index in [-0.39, 0.29) is 11.6 Å². The number of rotatable bonds is 2. The zero-order valence-electron chi connectivity index (χ0n) is 10.7. The average molecular weight is 293 g/mol. The summed E-state index contributed by atoms with van der Waals surface area (Å²) in [7, 11) is 0. The molecule has 3 rings (SSSR count). The summed E-state index contributed by atoms with van der Waals surface area (Å²) in [6.45, 7) is 0. The monoisotopic (exact) mass is 293 g/mol. The molecule has 5 heteroatoms. The lowest BCUT2D eigenvalue weighted by Gasteiger charge is -2.08. The number of carbonyl (C=O) groups excluding carboxylic acids is 1. The smallest absolute Gasteiger partial charge is 0.265 e. The van der Waals surface area contributed by atoms with Crippen LogP contribution >= 0.6 is 11.3 Å². The molecule has 1 aliphatic carbocycles. The topological polar surface area (TPSA) is 29.1 Å². The van der Waals surface area contributed by atoms with E-state index >= 15 is 0 Å². The van der Waals surface area contributed by atoms with Gasteiger partial charge in [-0.2, -0.15) is 0 Å². The van der Waals surface area contributed by atoms with E-state index in [1.165, 1.54) is 21.8 Å². The Morgan fingerprint density at radius 3 is 2.75 bits per heavy atom. The Labute approximate surface area is 119 Å². The lowest BCUT2D eigenvalue weighted by molar-refractivity contribution is 0.103. The molecular formula is C15H13F2NOS. The van der Waals surface area contributed by atoms with Crippen LogP contribution in [0.4, 0.5) is 14.5 Å². The fourth-order valence-electron chi connectivity index (χ4n) is 2.38. The predicted molar refractivity (Wildman–Crippen MR) is 75.3 cm³/mol. The van der Waals surface area contributed by atoms with Gasteiger partial charge in [-0.3, -0.25) is 4.79 Å². The number of halogens is 2. The fourth-order valence-corrected chi connectivity index (χ4v) is 3.53. The number of anilines is 1. The molecule has 1 heterocycles. The van der Waals surface area contributed by atoms with E-state index in [0.717, 1.165) is 43.9 Å². The van der Waals surface area contributed by atoms with Crippen LogP contribution in [0.1, 0.15) is 33.0 Å². The fraction of sp³-hybridized carbons (Fsp3) is 0.267. The van der Waals surface area contributed by atoms with Gasteiger partial charge in [-0.15, -0.1) is 11.3 Å². The summed E-state index contributed by atoms with van der Waals surface area (Å²) in [6.07, 6.45) is 4.28. The third-order valence-electron chi connectivity index (χ3n) is 3.40. The minimum absolute atomic E-state index is 0.124. The summed E-state index contributed by atoms with van der Waals surface area (Å²) in [5, 5.41) is 2.43. The minimum atomic E-state index is -0.638. The van der Waals surface area contributed by atoms with Crippen molar-refractivity contribution in [1.29, 1.82) is 0 Å². The summed E-state index contributed by atoms with van der Waals surface area (Å²) in [6, 6.07) is 4.88. The highest BCUT2D eigenvalue weighted by Gasteiger charge is 2.18. The summed E-state index contributed by atoms with van der Waals surface area (Å²) in [5.41, 5.74) is 1.09. The first-order valence-corrected chi connectivity index (χ1v) is 7.33. The van der Waals surface area contributed by atoms with Gasteiger partial charge >= 0.3 is 0 Å². The molecule has 0 unspecified atom stereocenters. The van der Waals surface area contributed by atoms with Crippen molar-refractivity contribution in [2.24, 2.45) is 0 Å². The van der Waals surface area contributed by atoms with E-state index in [2.05, 4.69) is 5.32 Å². The van der Waals surface area contributed by atoms with E-state index in [1.54, 1.807) is 0 Å². The van der Waals surface area contributed by atoms with Crippen molar-refractivity contribution < 1.29 is 13.6 Å². The predicted octanol–water partition coefficient (Wildman–Crippen LogP) is 4.16. The molecule has 0 fully saturated rings. The van der Waals surface area contributed by atoms with Crippen LogP contribution in [0, 0.1) is 11.6 Å². The van der Waals surface area contributed by atoms with Gasteiger partial charge in [-0.25, -0.2) is 8.78 Å². The number of carbonyl (C=O) groups is 1. The van der Waals surface area contributed by atoms with Crippen LogP contribution in [0.3, 0.4) is 0 Å². The molecule has 0 saturated heterocycles. The lowest BCUT2D eigenvalue weighted by atomic mass is 9.99. The second-order valence-electron chi connectivity index (χ2n) is 4.84. The normalized spacial score (nSPS) is 13.9. The molecule has 2 aromatic rings. The van der Waals surface area contributed by atoms with E-state index in [0.29, 0.717) is 4.88 Å². The third-order valence-corrected chi connectivity index (χ3v) is 4.63. The summed E-state index contributed by atoms with van der Waals surface area (Å²) in [5.74, 6) is -1.60. The van der Waals surface area contributed by atoms with Gasteiger partial charge < -0.3 is 5.32 Å². The molecule has 1 aliphatic rings. The standard InChI is InChI=1S/C15H13F2NOS/c16-10-5-6-11(17)12(8-10)18-15(19)14-7-9-3-1-2-4-13(9)20-14/h5-8H,1-4H2,(H,18,19). The molecule has 1 amide bonds. The maximum absolute atomic E-state index is 13.5. The molecule has 20 heavy (non-hydrogen) atoms. The summed E-state index contributed by atoms with van der Waals surface area (Å²) in [4.78, 5) is 13.9. The second-order valence-corrected chi connectivity index (χ2v) is 5.98. The Morgan fingerprint density at radius 2 is 1.95 bits per heavy atom. The van der Waals surface area contributed by atoms with Crippen molar-refractivity contribution in [2.75, 3.05) is 5.32 Å². The van der Waals surface area contributed by atoms with Crippen molar-refractivity contribution in [3.63, 3.8) is 0 Å². The molecule has 104 valence electrons. The van der Waals surface area contributed by atoms with Gasteiger partial charge in [0.15, 0.2) is 0 Å². The minimum Gasteiger partial charge on any atom is -0.319 e. The van der Waals surface area contributed by atoms with Gasteiger partial charge in [0.1, 0.15) is 11.6 Å². The highest BCUT2D eigenvalue weighted by Crippen LogP contribution is 2.30. The molecule has 0 aliphatic heterocycles. The largest absolute Gasteiger partial charge is 0.319 e. The Morgan fingerprint density at radius 1 is 1.15 bits per heavy atom. The van der Waals surface area contributed by atoms with Gasteiger partial charge in [0, 0.05) is 10.9 Å². The molecule has 1 aromatic heterocycles. The molecular weight excluding hydrogens is 280 g/mol.